The second kappa shape index (κ2) is 7.68. The Balaban J connectivity index is 1.51. The highest BCUT2D eigenvalue weighted by molar-refractivity contribution is 5.61. The zero-order chi connectivity index (χ0) is 17.9. The number of aliphatic hydroxyl groups excluding tert-OH is 1. The predicted octanol–water partition coefficient (Wildman–Crippen LogP) is 3.30. The Bertz CT molecular complexity index is 746. The number of aliphatic hydroxyl groups is 1. The van der Waals surface area contributed by atoms with Crippen LogP contribution in [0.25, 0.3) is 0 Å². The summed E-state index contributed by atoms with van der Waals surface area (Å²) < 4.78 is 14.0. The van der Waals surface area contributed by atoms with Crippen LogP contribution < -0.4 is 10.1 Å². The molecule has 1 unspecified atom stereocenters. The zero-order valence-electron chi connectivity index (χ0n) is 15.2. The number of benzene rings is 1. The molecule has 1 aromatic heterocycles. The molecule has 3 atom stereocenters. The number of rotatable bonds is 5. The molecule has 0 saturated carbocycles. The number of nitrogens with zero attached hydrogens (tertiary/aromatic N) is 2. The van der Waals surface area contributed by atoms with Gasteiger partial charge < -0.3 is 19.9 Å². The normalized spacial score (nSPS) is 25.4. The molecule has 6 heteroatoms. The van der Waals surface area contributed by atoms with Crippen molar-refractivity contribution >= 4 is 5.69 Å². The van der Waals surface area contributed by atoms with Crippen molar-refractivity contribution in [2.45, 2.75) is 44.9 Å². The average molecular weight is 357 g/mol. The Morgan fingerprint density at radius 2 is 2.19 bits per heavy atom. The largest absolute Gasteiger partial charge is 0.491 e. The molecular weight excluding hydrogens is 330 g/mol. The summed E-state index contributed by atoms with van der Waals surface area (Å²) in [4.78, 5) is 0. The number of nitrogens with one attached hydrogen (secondary N) is 1. The summed E-state index contributed by atoms with van der Waals surface area (Å²) in [6.45, 7) is 5.10. The summed E-state index contributed by atoms with van der Waals surface area (Å²) >= 11 is 0. The molecule has 1 aromatic carbocycles. The van der Waals surface area contributed by atoms with Crippen LogP contribution in [0, 0.1) is 5.92 Å². The quantitative estimate of drug-likeness (QED) is 0.859. The summed E-state index contributed by atoms with van der Waals surface area (Å²) in [6, 6.07) is 8.00. The topological polar surface area (TPSA) is 68.5 Å². The first-order valence-corrected chi connectivity index (χ1v) is 9.59. The van der Waals surface area contributed by atoms with E-state index in [9.17, 15) is 5.11 Å². The van der Waals surface area contributed by atoms with Crippen molar-refractivity contribution in [3.05, 3.63) is 41.7 Å². The minimum Gasteiger partial charge on any atom is -0.491 e. The molecule has 2 aromatic rings. The van der Waals surface area contributed by atoms with Crippen molar-refractivity contribution in [2.24, 2.45) is 5.92 Å². The van der Waals surface area contributed by atoms with Crippen LogP contribution in [-0.4, -0.2) is 34.6 Å². The van der Waals surface area contributed by atoms with Gasteiger partial charge in [-0.2, -0.15) is 5.10 Å². The van der Waals surface area contributed by atoms with Crippen LogP contribution in [-0.2, 0) is 11.3 Å². The molecule has 2 N–H and O–H groups in total. The molecular formula is C20H27N3O3. The fourth-order valence-corrected chi connectivity index (χ4v) is 4.01. The monoisotopic (exact) mass is 357 g/mol. The SMILES string of the molecule is CCn1nccc1[C@@H]1OCCC[C@H]1CNc1cccc2c1OCCC2O. The second-order valence-corrected chi connectivity index (χ2v) is 7.02. The van der Waals surface area contributed by atoms with Gasteiger partial charge in [0.1, 0.15) is 11.9 Å². The summed E-state index contributed by atoms with van der Waals surface area (Å²) in [5, 5.41) is 18.1. The average Bonchev–Trinajstić information content (AvgIpc) is 3.15. The second-order valence-electron chi connectivity index (χ2n) is 7.02. The standard InChI is InChI=1S/C20H27N3O3/c1-2-23-17(8-10-22-23)19-14(5-4-11-25-19)13-21-16-7-3-6-15-18(24)9-12-26-20(15)16/h3,6-8,10,14,18-19,21,24H,2,4-5,9,11-13H2,1H3/t14-,18?,19+/m0/s1. The maximum absolute atomic E-state index is 10.2. The highest BCUT2D eigenvalue weighted by Crippen LogP contribution is 2.39. The third kappa shape index (κ3) is 3.31. The van der Waals surface area contributed by atoms with Gasteiger partial charge in [0.2, 0.25) is 0 Å². The van der Waals surface area contributed by atoms with Crippen LogP contribution in [0.3, 0.4) is 0 Å². The van der Waals surface area contributed by atoms with E-state index < -0.39 is 6.10 Å². The third-order valence-corrected chi connectivity index (χ3v) is 5.38. The highest BCUT2D eigenvalue weighted by Gasteiger charge is 2.30. The van der Waals surface area contributed by atoms with Gasteiger partial charge in [-0.25, -0.2) is 0 Å². The Labute approximate surface area is 154 Å². The molecule has 0 spiro atoms. The Hall–Kier alpha value is -2.05. The van der Waals surface area contributed by atoms with Crippen LogP contribution >= 0.6 is 0 Å². The molecule has 4 rings (SSSR count). The third-order valence-electron chi connectivity index (χ3n) is 5.38. The van der Waals surface area contributed by atoms with Gasteiger partial charge in [-0.1, -0.05) is 12.1 Å². The van der Waals surface area contributed by atoms with Crippen LogP contribution in [0.15, 0.2) is 30.5 Å². The Morgan fingerprint density at radius 3 is 3.08 bits per heavy atom. The van der Waals surface area contributed by atoms with Crippen molar-refractivity contribution in [3.63, 3.8) is 0 Å². The molecule has 0 radical (unpaired) electrons. The first-order chi connectivity index (χ1) is 12.8. The van der Waals surface area contributed by atoms with E-state index in [0.717, 1.165) is 55.2 Å². The molecule has 6 nitrogen and oxygen atoms in total. The van der Waals surface area contributed by atoms with E-state index >= 15 is 0 Å². The number of hydrogen-bond donors (Lipinski definition) is 2. The van der Waals surface area contributed by atoms with E-state index in [1.54, 1.807) is 0 Å². The molecule has 1 saturated heterocycles. The van der Waals surface area contributed by atoms with Gasteiger partial charge in [-0.15, -0.1) is 0 Å². The number of anilines is 1. The lowest BCUT2D eigenvalue weighted by Crippen LogP contribution is -2.30. The molecule has 2 aliphatic rings. The number of fused-ring (bicyclic) bond motifs is 1. The van der Waals surface area contributed by atoms with Crippen molar-refractivity contribution in [1.29, 1.82) is 0 Å². The number of ether oxygens (including phenoxy) is 2. The molecule has 0 amide bonds. The molecule has 2 aliphatic heterocycles. The van der Waals surface area contributed by atoms with E-state index in [1.165, 1.54) is 0 Å². The van der Waals surface area contributed by atoms with E-state index in [4.69, 9.17) is 9.47 Å². The van der Waals surface area contributed by atoms with Crippen molar-refractivity contribution < 1.29 is 14.6 Å². The van der Waals surface area contributed by atoms with E-state index in [1.807, 2.05) is 29.1 Å². The highest BCUT2D eigenvalue weighted by atomic mass is 16.5. The number of para-hydroxylation sites is 1. The number of hydrogen-bond acceptors (Lipinski definition) is 5. The van der Waals surface area contributed by atoms with Crippen LogP contribution in [0.2, 0.25) is 0 Å². The van der Waals surface area contributed by atoms with Gasteiger partial charge in [0.25, 0.3) is 0 Å². The lowest BCUT2D eigenvalue weighted by atomic mass is 9.91. The Kier molecular flexibility index (Phi) is 5.13. The van der Waals surface area contributed by atoms with Crippen LogP contribution in [0.5, 0.6) is 5.75 Å². The number of aryl methyl sites for hydroxylation is 1. The lowest BCUT2D eigenvalue weighted by molar-refractivity contribution is -0.0288. The number of aromatic nitrogens is 2. The zero-order valence-corrected chi connectivity index (χ0v) is 15.2. The predicted molar refractivity (Wildman–Crippen MR) is 99.3 cm³/mol. The first-order valence-electron chi connectivity index (χ1n) is 9.59. The molecule has 0 aliphatic carbocycles. The van der Waals surface area contributed by atoms with Gasteiger partial charge in [0, 0.05) is 43.8 Å². The molecule has 1 fully saturated rings. The Morgan fingerprint density at radius 1 is 1.27 bits per heavy atom. The maximum Gasteiger partial charge on any atom is 0.148 e. The van der Waals surface area contributed by atoms with Crippen molar-refractivity contribution in [3.8, 4) is 5.75 Å². The van der Waals surface area contributed by atoms with Crippen molar-refractivity contribution in [1.82, 2.24) is 9.78 Å². The fourth-order valence-electron chi connectivity index (χ4n) is 4.01. The minimum absolute atomic E-state index is 0.0600. The van der Waals surface area contributed by atoms with E-state index in [0.29, 0.717) is 18.9 Å². The summed E-state index contributed by atoms with van der Waals surface area (Å²) in [7, 11) is 0. The van der Waals surface area contributed by atoms with E-state index in [-0.39, 0.29) is 6.10 Å². The van der Waals surface area contributed by atoms with Gasteiger partial charge in [0.05, 0.1) is 24.1 Å². The molecule has 3 heterocycles. The lowest BCUT2D eigenvalue weighted by Gasteiger charge is -2.33. The van der Waals surface area contributed by atoms with Gasteiger partial charge in [-0.3, -0.25) is 4.68 Å². The maximum atomic E-state index is 10.2. The molecule has 26 heavy (non-hydrogen) atoms. The van der Waals surface area contributed by atoms with Crippen LogP contribution in [0.4, 0.5) is 5.69 Å². The summed E-state index contributed by atoms with van der Waals surface area (Å²) in [5.74, 6) is 1.16. The fraction of sp³-hybridized carbons (Fsp3) is 0.550. The van der Waals surface area contributed by atoms with Crippen LogP contribution in [0.1, 0.15) is 49.7 Å². The smallest absolute Gasteiger partial charge is 0.148 e. The summed E-state index contributed by atoms with van der Waals surface area (Å²) in [5.41, 5.74) is 2.98. The molecule has 0 bridgehead atoms. The molecule has 140 valence electrons. The van der Waals surface area contributed by atoms with Gasteiger partial charge in [-0.05, 0) is 31.9 Å². The van der Waals surface area contributed by atoms with Crippen molar-refractivity contribution in [2.75, 3.05) is 25.1 Å². The van der Waals surface area contributed by atoms with Gasteiger partial charge in [0.15, 0.2) is 0 Å². The summed E-state index contributed by atoms with van der Waals surface area (Å²) in [6.07, 6.45) is 4.31. The van der Waals surface area contributed by atoms with E-state index in [2.05, 4.69) is 23.4 Å². The minimum atomic E-state index is -0.440. The first kappa shape index (κ1) is 17.4. The van der Waals surface area contributed by atoms with Gasteiger partial charge >= 0.3 is 0 Å².